The number of hydrogen-bond donors (Lipinski definition) is 0. The van der Waals surface area contributed by atoms with E-state index in [0.717, 1.165) is 16.7 Å². The number of rotatable bonds is 4. The summed E-state index contributed by atoms with van der Waals surface area (Å²) < 4.78 is 0. The van der Waals surface area contributed by atoms with Crippen LogP contribution in [0.25, 0.3) is 0 Å². The molecule has 0 heterocycles. The number of aryl methyl sites for hydroxylation is 1. The molecule has 0 saturated heterocycles. The Labute approximate surface area is 94.0 Å². The third kappa shape index (κ3) is 2.73. The highest BCUT2D eigenvalue weighted by Gasteiger charge is 2.08. The number of halogens is 2. The van der Waals surface area contributed by atoms with Crippen LogP contribution in [0.15, 0.2) is 18.2 Å². The first kappa shape index (κ1) is 11.5. The maximum Gasteiger partial charge on any atom is 0.164 e. The Bertz CT molecular complexity index is 334. The first-order valence-electron chi connectivity index (χ1n) is 4.43. The lowest BCUT2D eigenvalue weighted by Crippen LogP contribution is -2.02. The van der Waals surface area contributed by atoms with Gasteiger partial charge < -0.3 is 0 Å². The normalized spacial score (nSPS) is 10.2. The maximum absolute atomic E-state index is 11.5. The molecule has 0 aliphatic heterocycles. The van der Waals surface area contributed by atoms with Crippen molar-refractivity contribution in [1.29, 1.82) is 0 Å². The molecular formula is C11H12Cl2O. The van der Waals surface area contributed by atoms with Crippen molar-refractivity contribution >= 4 is 29.0 Å². The second-order valence-corrected chi connectivity index (χ2v) is 3.79. The average Bonchev–Trinajstić information content (AvgIpc) is 2.17. The Balaban J connectivity index is 2.94. The molecule has 1 nitrogen and oxygen atoms in total. The Morgan fingerprint density at radius 2 is 2.07 bits per heavy atom. The van der Waals surface area contributed by atoms with E-state index in [1.54, 1.807) is 0 Å². The van der Waals surface area contributed by atoms with Gasteiger partial charge in [-0.1, -0.05) is 18.2 Å². The van der Waals surface area contributed by atoms with Gasteiger partial charge in [0.15, 0.2) is 5.78 Å². The fourth-order valence-corrected chi connectivity index (χ4v) is 1.68. The van der Waals surface area contributed by atoms with Crippen LogP contribution < -0.4 is 0 Å². The summed E-state index contributed by atoms with van der Waals surface area (Å²) in [6.07, 6.45) is 0.391. The lowest BCUT2D eigenvalue weighted by Gasteiger charge is -2.05. The molecule has 1 rings (SSSR count). The molecule has 0 spiro atoms. The molecule has 76 valence electrons. The summed E-state index contributed by atoms with van der Waals surface area (Å²) in [4.78, 5) is 11.5. The summed E-state index contributed by atoms with van der Waals surface area (Å²) in [7, 11) is 0. The highest BCUT2D eigenvalue weighted by atomic mass is 35.5. The van der Waals surface area contributed by atoms with E-state index >= 15 is 0 Å². The van der Waals surface area contributed by atoms with Crippen LogP contribution in [0.5, 0.6) is 0 Å². The fourth-order valence-electron chi connectivity index (χ4n) is 1.34. The van der Waals surface area contributed by atoms with E-state index in [9.17, 15) is 4.79 Å². The molecule has 1 aromatic rings. The summed E-state index contributed by atoms with van der Waals surface area (Å²) >= 11 is 11.2. The monoisotopic (exact) mass is 230 g/mol. The SMILES string of the molecule is Cc1cc(CCl)ccc1C(=O)CCCl. The van der Waals surface area contributed by atoms with Gasteiger partial charge in [0.05, 0.1) is 0 Å². The highest BCUT2D eigenvalue weighted by molar-refractivity contribution is 6.19. The van der Waals surface area contributed by atoms with Crippen LogP contribution in [-0.2, 0) is 5.88 Å². The van der Waals surface area contributed by atoms with Gasteiger partial charge in [-0.2, -0.15) is 0 Å². The third-order valence-electron chi connectivity index (χ3n) is 2.07. The predicted molar refractivity (Wildman–Crippen MR) is 60.4 cm³/mol. The summed E-state index contributed by atoms with van der Waals surface area (Å²) in [5.74, 6) is 0.944. The van der Waals surface area contributed by atoms with Crippen LogP contribution in [0.3, 0.4) is 0 Å². The quantitative estimate of drug-likeness (QED) is 0.572. The number of alkyl halides is 2. The van der Waals surface area contributed by atoms with Gasteiger partial charge in [0.2, 0.25) is 0 Å². The predicted octanol–water partition coefficient (Wildman–Crippen LogP) is 3.55. The molecule has 0 aliphatic carbocycles. The van der Waals surface area contributed by atoms with E-state index in [4.69, 9.17) is 23.2 Å². The van der Waals surface area contributed by atoms with Gasteiger partial charge in [0.1, 0.15) is 0 Å². The van der Waals surface area contributed by atoms with E-state index < -0.39 is 0 Å². The average molecular weight is 231 g/mol. The van der Waals surface area contributed by atoms with E-state index in [1.165, 1.54) is 0 Å². The molecule has 14 heavy (non-hydrogen) atoms. The molecule has 0 saturated carbocycles. The minimum Gasteiger partial charge on any atom is -0.294 e. The van der Waals surface area contributed by atoms with Crippen LogP contribution >= 0.6 is 23.2 Å². The zero-order chi connectivity index (χ0) is 10.6. The van der Waals surface area contributed by atoms with Crippen LogP contribution in [-0.4, -0.2) is 11.7 Å². The number of carbonyl (C=O) groups is 1. The summed E-state index contributed by atoms with van der Waals surface area (Å²) in [5.41, 5.74) is 2.75. The Kier molecular flexibility index (Phi) is 4.43. The zero-order valence-corrected chi connectivity index (χ0v) is 9.53. The van der Waals surface area contributed by atoms with Gasteiger partial charge in [-0.25, -0.2) is 0 Å². The molecule has 0 bridgehead atoms. The zero-order valence-electron chi connectivity index (χ0n) is 8.02. The summed E-state index contributed by atoms with van der Waals surface area (Å²) in [6.45, 7) is 1.91. The Morgan fingerprint density at radius 3 is 2.57 bits per heavy atom. The Morgan fingerprint density at radius 1 is 1.36 bits per heavy atom. The largest absolute Gasteiger partial charge is 0.294 e. The van der Waals surface area contributed by atoms with Crippen molar-refractivity contribution < 1.29 is 4.79 Å². The number of Topliss-reactive ketones (excluding diaryl/α,β-unsaturated/α-hetero) is 1. The topological polar surface area (TPSA) is 17.1 Å². The van der Waals surface area contributed by atoms with Crippen molar-refractivity contribution in [3.05, 3.63) is 34.9 Å². The molecule has 1 aromatic carbocycles. The van der Waals surface area contributed by atoms with Gasteiger partial charge >= 0.3 is 0 Å². The number of benzene rings is 1. The second-order valence-electron chi connectivity index (χ2n) is 3.15. The number of carbonyl (C=O) groups excluding carboxylic acids is 1. The van der Waals surface area contributed by atoms with Crippen LogP contribution in [0.4, 0.5) is 0 Å². The highest BCUT2D eigenvalue weighted by Crippen LogP contribution is 2.14. The first-order chi connectivity index (χ1) is 6.69. The van der Waals surface area contributed by atoms with Gasteiger partial charge in [-0.15, -0.1) is 23.2 Å². The Hall–Kier alpha value is -0.530. The standard InChI is InChI=1S/C11H12Cl2O/c1-8-6-9(7-13)2-3-10(8)11(14)4-5-12/h2-3,6H,4-5,7H2,1H3. The smallest absolute Gasteiger partial charge is 0.164 e. The lowest BCUT2D eigenvalue weighted by atomic mass is 10.0. The van der Waals surface area contributed by atoms with Crippen molar-refractivity contribution in [2.24, 2.45) is 0 Å². The molecular weight excluding hydrogens is 219 g/mol. The molecule has 0 aliphatic rings. The molecule has 0 amide bonds. The molecule has 0 unspecified atom stereocenters. The maximum atomic E-state index is 11.5. The van der Waals surface area contributed by atoms with Crippen LogP contribution in [0.1, 0.15) is 27.9 Å². The van der Waals surface area contributed by atoms with E-state index in [1.807, 2.05) is 25.1 Å². The van der Waals surface area contributed by atoms with Crippen molar-refractivity contribution in [3.8, 4) is 0 Å². The van der Waals surface area contributed by atoms with Crippen molar-refractivity contribution in [2.75, 3.05) is 5.88 Å². The fraction of sp³-hybridized carbons (Fsp3) is 0.364. The summed E-state index contributed by atoms with van der Waals surface area (Å²) in [5, 5.41) is 0. The molecule has 0 N–H and O–H groups in total. The molecule has 3 heteroatoms. The van der Waals surface area contributed by atoms with Gasteiger partial charge in [-0.05, 0) is 18.1 Å². The van der Waals surface area contributed by atoms with Crippen LogP contribution in [0.2, 0.25) is 0 Å². The first-order valence-corrected chi connectivity index (χ1v) is 5.50. The van der Waals surface area contributed by atoms with E-state index in [-0.39, 0.29) is 5.78 Å². The van der Waals surface area contributed by atoms with Gasteiger partial charge in [0, 0.05) is 23.7 Å². The minimum absolute atomic E-state index is 0.0959. The van der Waals surface area contributed by atoms with Gasteiger partial charge in [0.25, 0.3) is 0 Å². The second kappa shape index (κ2) is 5.38. The molecule has 0 aromatic heterocycles. The van der Waals surface area contributed by atoms with E-state index in [2.05, 4.69) is 0 Å². The van der Waals surface area contributed by atoms with Crippen molar-refractivity contribution in [2.45, 2.75) is 19.2 Å². The lowest BCUT2D eigenvalue weighted by molar-refractivity contribution is 0.0988. The van der Waals surface area contributed by atoms with Gasteiger partial charge in [-0.3, -0.25) is 4.79 Å². The van der Waals surface area contributed by atoms with Crippen molar-refractivity contribution in [3.63, 3.8) is 0 Å². The molecule has 0 fully saturated rings. The minimum atomic E-state index is 0.0959. The van der Waals surface area contributed by atoms with Crippen molar-refractivity contribution in [1.82, 2.24) is 0 Å². The van der Waals surface area contributed by atoms with E-state index in [0.29, 0.717) is 18.2 Å². The van der Waals surface area contributed by atoms with Crippen LogP contribution in [0, 0.1) is 6.92 Å². The summed E-state index contributed by atoms with van der Waals surface area (Å²) in [6, 6.07) is 5.64. The molecule has 0 radical (unpaired) electrons. The number of ketones is 1. The number of hydrogen-bond acceptors (Lipinski definition) is 1. The third-order valence-corrected chi connectivity index (χ3v) is 2.56. The molecule has 0 atom stereocenters.